The van der Waals surface area contributed by atoms with Crippen molar-refractivity contribution in [2.75, 3.05) is 25.1 Å². The van der Waals surface area contributed by atoms with E-state index in [0.717, 1.165) is 25.9 Å². The molecule has 8 heteroatoms. The lowest BCUT2D eigenvalue weighted by Crippen LogP contribution is -2.48. The molecule has 1 heterocycles. The van der Waals surface area contributed by atoms with Gasteiger partial charge in [0.25, 0.3) is 0 Å². The van der Waals surface area contributed by atoms with Crippen molar-refractivity contribution >= 4 is 17.5 Å². The summed E-state index contributed by atoms with van der Waals surface area (Å²) in [7, 11) is 1.37. The first-order valence-electron chi connectivity index (χ1n) is 8.28. The zero-order valence-electron chi connectivity index (χ0n) is 15.1. The molecule has 1 aliphatic heterocycles. The molecule has 1 saturated heterocycles. The van der Waals surface area contributed by atoms with Gasteiger partial charge in [-0.2, -0.15) is 0 Å². The largest absolute Gasteiger partial charge is 0.490 e. The van der Waals surface area contributed by atoms with Gasteiger partial charge in [-0.15, -0.1) is 0 Å². The number of rotatable bonds is 4. The first-order valence-corrected chi connectivity index (χ1v) is 8.28. The highest BCUT2D eigenvalue weighted by Crippen LogP contribution is 2.34. The molecule has 0 radical (unpaired) electrons. The van der Waals surface area contributed by atoms with Crippen molar-refractivity contribution in [1.29, 1.82) is 0 Å². The number of hydrogen-bond acceptors (Lipinski definition) is 6. The molecule has 138 valence electrons. The van der Waals surface area contributed by atoms with Gasteiger partial charge >= 0.3 is 11.8 Å². The predicted octanol–water partition coefficient (Wildman–Crippen LogP) is 3.10. The van der Waals surface area contributed by atoms with Crippen LogP contribution in [0.4, 0.5) is 16.2 Å². The third-order valence-electron chi connectivity index (χ3n) is 3.90. The monoisotopic (exact) mass is 351 g/mol. The van der Waals surface area contributed by atoms with Crippen LogP contribution in [0.3, 0.4) is 0 Å². The number of benzene rings is 1. The topological polar surface area (TPSA) is 93.9 Å². The lowest BCUT2D eigenvalue weighted by Gasteiger charge is -2.35. The lowest BCUT2D eigenvalue weighted by atomic mass is 10.0. The fourth-order valence-electron chi connectivity index (χ4n) is 2.81. The minimum Gasteiger partial charge on any atom is -0.490 e. The number of hydrogen-bond donors (Lipinski definition) is 1. The van der Waals surface area contributed by atoms with Gasteiger partial charge in [0.2, 0.25) is 0 Å². The molecule has 0 aromatic heterocycles. The molecule has 0 bridgehead atoms. The van der Waals surface area contributed by atoms with Crippen LogP contribution < -0.4 is 15.0 Å². The van der Waals surface area contributed by atoms with Crippen LogP contribution in [0.2, 0.25) is 0 Å². The van der Waals surface area contributed by atoms with Gasteiger partial charge in [-0.1, -0.05) is 0 Å². The second-order valence-corrected chi connectivity index (χ2v) is 6.94. The second-order valence-electron chi connectivity index (χ2n) is 6.94. The number of carbonyl (C=O) groups excluding carboxylic acids is 1. The van der Waals surface area contributed by atoms with E-state index in [-0.39, 0.29) is 17.5 Å². The van der Waals surface area contributed by atoms with Crippen LogP contribution in [-0.2, 0) is 4.74 Å². The summed E-state index contributed by atoms with van der Waals surface area (Å²) in [5.74, 6) is 0.116. The Labute approximate surface area is 147 Å². The number of nitrogens with zero attached hydrogens (tertiary/aromatic N) is 2. The summed E-state index contributed by atoms with van der Waals surface area (Å²) in [4.78, 5) is 25.0. The zero-order chi connectivity index (χ0) is 18.6. The molecule has 2 rings (SSSR count). The van der Waals surface area contributed by atoms with Gasteiger partial charge < -0.3 is 14.8 Å². The van der Waals surface area contributed by atoms with E-state index in [2.05, 4.69) is 5.32 Å². The van der Waals surface area contributed by atoms with E-state index in [1.54, 1.807) is 11.0 Å². The summed E-state index contributed by atoms with van der Waals surface area (Å²) >= 11 is 0. The minimum absolute atomic E-state index is 0.0396. The third kappa shape index (κ3) is 4.82. The van der Waals surface area contributed by atoms with Crippen molar-refractivity contribution in [2.24, 2.45) is 0 Å². The molecule has 1 fully saturated rings. The number of amides is 1. The number of carbonyl (C=O) groups is 1. The molecule has 1 aromatic carbocycles. The number of methoxy groups -OCH3 is 1. The molecular formula is C17H25N3O5. The Bertz CT molecular complexity index is 636. The molecule has 1 N–H and O–H groups in total. The van der Waals surface area contributed by atoms with Crippen LogP contribution in [-0.4, -0.2) is 42.9 Å². The van der Waals surface area contributed by atoms with Gasteiger partial charge in [0.05, 0.1) is 17.7 Å². The van der Waals surface area contributed by atoms with E-state index >= 15 is 0 Å². The molecular weight excluding hydrogens is 326 g/mol. The summed E-state index contributed by atoms with van der Waals surface area (Å²) in [5.41, 5.74) is -0.239. The van der Waals surface area contributed by atoms with Crippen LogP contribution in [0.1, 0.15) is 33.6 Å². The van der Waals surface area contributed by atoms with Crippen molar-refractivity contribution in [3.05, 3.63) is 28.3 Å². The Balaban J connectivity index is 2.40. The first-order chi connectivity index (χ1) is 11.7. The number of anilines is 1. The number of nitro groups is 1. The SMILES string of the molecule is COc1cc(N(C(=O)OC(C)(C)C)C2CCNCC2)ccc1[N+](=O)[O-]. The number of piperidine rings is 1. The molecule has 1 aliphatic rings. The number of nitrogens with one attached hydrogen (secondary N) is 1. The van der Waals surface area contributed by atoms with Crippen LogP contribution in [0.25, 0.3) is 0 Å². The molecule has 0 spiro atoms. The predicted molar refractivity (Wildman–Crippen MR) is 94.3 cm³/mol. The summed E-state index contributed by atoms with van der Waals surface area (Å²) < 4.78 is 10.7. The summed E-state index contributed by atoms with van der Waals surface area (Å²) in [6, 6.07) is 4.39. The zero-order valence-corrected chi connectivity index (χ0v) is 15.1. The standard InChI is InChI=1S/C17H25N3O5/c1-17(2,3)25-16(21)19(12-7-9-18-10-8-12)13-5-6-14(20(22)23)15(11-13)24-4/h5-6,11-12,18H,7-10H2,1-4H3. The van der Waals surface area contributed by atoms with Gasteiger partial charge in [-0.25, -0.2) is 4.79 Å². The fourth-order valence-corrected chi connectivity index (χ4v) is 2.81. The van der Waals surface area contributed by atoms with Crippen molar-refractivity contribution in [3.63, 3.8) is 0 Å². The Morgan fingerprint density at radius 2 is 1.96 bits per heavy atom. The molecule has 1 amide bonds. The maximum atomic E-state index is 12.8. The van der Waals surface area contributed by atoms with E-state index in [4.69, 9.17) is 9.47 Å². The molecule has 0 atom stereocenters. The van der Waals surface area contributed by atoms with E-state index in [1.807, 2.05) is 20.8 Å². The molecule has 25 heavy (non-hydrogen) atoms. The lowest BCUT2D eigenvalue weighted by molar-refractivity contribution is -0.385. The van der Waals surface area contributed by atoms with Gasteiger partial charge in [0.1, 0.15) is 5.60 Å². The highest BCUT2D eigenvalue weighted by molar-refractivity contribution is 5.89. The Hall–Kier alpha value is -2.35. The summed E-state index contributed by atoms with van der Waals surface area (Å²) in [5, 5.41) is 14.4. The van der Waals surface area contributed by atoms with Crippen LogP contribution >= 0.6 is 0 Å². The molecule has 8 nitrogen and oxygen atoms in total. The number of ether oxygens (including phenoxy) is 2. The van der Waals surface area contributed by atoms with E-state index in [1.165, 1.54) is 19.2 Å². The maximum absolute atomic E-state index is 12.8. The quantitative estimate of drug-likeness (QED) is 0.662. The molecule has 0 unspecified atom stereocenters. The average Bonchev–Trinajstić information content (AvgIpc) is 2.54. The summed E-state index contributed by atoms with van der Waals surface area (Å²) in [6.07, 6.45) is 1.09. The van der Waals surface area contributed by atoms with Crippen LogP contribution in [0, 0.1) is 10.1 Å². The Morgan fingerprint density at radius 1 is 1.32 bits per heavy atom. The van der Waals surface area contributed by atoms with Crippen molar-refractivity contribution in [1.82, 2.24) is 5.32 Å². The van der Waals surface area contributed by atoms with Gasteiger partial charge in [0, 0.05) is 18.2 Å². The van der Waals surface area contributed by atoms with Crippen LogP contribution in [0.15, 0.2) is 18.2 Å². The normalized spacial score (nSPS) is 15.5. The number of nitro benzene ring substituents is 1. The highest BCUT2D eigenvalue weighted by Gasteiger charge is 2.32. The molecule has 0 aliphatic carbocycles. The van der Waals surface area contributed by atoms with Crippen LogP contribution in [0.5, 0.6) is 5.75 Å². The molecule has 1 aromatic rings. The fraction of sp³-hybridized carbons (Fsp3) is 0.588. The smallest absolute Gasteiger partial charge is 0.415 e. The van der Waals surface area contributed by atoms with Crippen molar-refractivity contribution in [2.45, 2.75) is 45.3 Å². The Morgan fingerprint density at radius 3 is 2.48 bits per heavy atom. The van der Waals surface area contributed by atoms with Crippen molar-refractivity contribution in [3.8, 4) is 5.75 Å². The maximum Gasteiger partial charge on any atom is 0.415 e. The van der Waals surface area contributed by atoms with Gasteiger partial charge in [0.15, 0.2) is 5.75 Å². The van der Waals surface area contributed by atoms with Gasteiger partial charge in [-0.3, -0.25) is 15.0 Å². The molecule has 0 saturated carbocycles. The van der Waals surface area contributed by atoms with E-state index in [9.17, 15) is 14.9 Å². The second kappa shape index (κ2) is 7.69. The highest BCUT2D eigenvalue weighted by atomic mass is 16.6. The first kappa shape index (κ1) is 19.0. The van der Waals surface area contributed by atoms with E-state index < -0.39 is 16.6 Å². The van der Waals surface area contributed by atoms with E-state index in [0.29, 0.717) is 5.69 Å². The average molecular weight is 351 g/mol. The van der Waals surface area contributed by atoms with Crippen molar-refractivity contribution < 1.29 is 19.2 Å². The third-order valence-corrected chi connectivity index (χ3v) is 3.90. The minimum atomic E-state index is -0.632. The summed E-state index contributed by atoms with van der Waals surface area (Å²) in [6.45, 7) is 7.02. The Kier molecular flexibility index (Phi) is 5.84. The van der Waals surface area contributed by atoms with Gasteiger partial charge in [-0.05, 0) is 52.8 Å².